The Hall–Kier alpha value is -3.81. The number of nitrogens with zero attached hydrogens (tertiary/aromatic N) is 3. The lowest BCUT2D eigenvalue weighted by molar-refractivity contribution is -0.132. The van der Waals surface area contributed by atoms with Crippen LogP contribution in [0.15, 0.2) is 70.3 Å². The van der Waals surface area contributed by atoms with E-state index < -0.39 is 11.2 Å². The van der Waals surface area contributed by atoms with Crippen LogP contribution in [0.1, 0.15) is 50.2 Å². The normalized spacial score (nSPS) is 13.9. The Morgan fingerprint density at radius 1 is 0.972 bits per heavy atom. The highest BCUT2D eigenvalue weighted by Crippen LogP contribution is 2.24. The summed E-state index contributed by atoms with van der Waals surface area (Å²) in [5, 5.41) is 0. The van der Waals surface area contributed by atoms with Gasteiger partial charge < -0.3 is 15.5 Å². The summed E-state index contributed by atoms with van der Waals surface area (Å²) >= 11 is 0. The fourth-order valence-electron chi connectivity index (χ4n) is 5.11. The molecule has 0 atom stereocenters. The zero-order valence-electron chi connectivity index (χ0n) is 20.9. The molecule has 1 amide bonds. The Bertz CT molecular complexity index is 1260. The third-order valence-corrected chi connectivity index (χ3v) is 6.93. The van der Waals surface area contributed by atoms with Crippen LogP contribution >= 0.6 is 0 Å². The number of nitrogen functional groups attached to an aromatic ring is 1. The highest BCUT2D eigenvalue weighted by atomic mass is 16.2. The molecule has 2 aromatic carbocycles. The van der Waals surface area contributed by atoms with Gasteiger partial charge in [0, 0.05) is 19.1 Å². The van der Waals surface area contributed by atoms with Crippen LogP contribution in [0.4, 0.5) is 11.5 Å². The summed E-state index contributed by atoms with van der Waals surface area (Å²) in [6, 6.07) is 19.3. The van der Waals surface area contributed by atoms with Gasteiger partial charge >= 0.3 is 5.69 Å². The lowest BCUT2D eigenvalue weighted by atomic mass is 9.94. The maximum Gasteiger partial charge on any atom is 0.330 e. The van der Waals surface area contributed by atoms with Gasteiger partial charge in [-0.1, -0.05) is 79.9 Å². The number of rotatable bonds is 9. The van der Waals surface area contributed by atoms with Gasteiger partial charge in [0.25, 0.3) is 5.56 Å². The number of amides is 1. The number of hydrogen-bond acceptors (Lipinski definition) is 5. The number of likely N-dealkylation sites (N-methyl/N-ethyl adjacent to an activating group) is 1. The number of aromatic nitrogens is 2. The van der Waals surface area contributed by atoms with Gasteiger partial charge in [0.05, 0.1) is 13.1 Å². The van der Waals surface area contributed by atoms with E-state index in [1.54, 1.807) is 4.90 Å². The summed E-state index contributed by atoms with van der Waals surface area (Å²) < 4.78 is 1.35. The molecule has 4 rings (SSSR count). The molecule has 190 valence electrons. The van der Waals surface area contributed by atoms with E-state index in [1.807, 2.05) is 72.5 Å². The van der Waals surface area contributed by atoms with Crippen molar-refractivity contribution >= 4 is 17.4 Å². The zero-order valence-corrected chi connectivity index (χ0v) is 20.9. The van der Waals surface area contributed by atoms with Crippen LogP contribution in [0.2, 0.25) is 0 Å². The molecule has 1 saturated carbocycles. The van der Waals surface area contributed by atoms with Crippen LogP contribution in [-0.2, 0) is 17.9 Å². The van der Waals surface area contributed by atoms with E-state index in [2.05, 4.69) is 4.98 Å². The quantitative estimate of drug-likeness (QED) is 0.480. The van der Waals surface area contributed by atoms with Crippen LogP contribution in [0, 0.1) is 0 Å². The van der Waals surface area contributed by atoms with E-state index in [4.69, 9.17) is 5.73 Å². The second-order valence-electron chi connectivity index (χ2n) is 9.38. The van der Waals surface area contributed by atoms with Crippen molar-refractivity contribution in [2.75, 3.05) is 23.7 Å². The number of nitrogens with two attached hydrogens (primary N) is 1. The average Bonchev–Trinajstić information content (AvgIpc) is 2.89. The lowest BCUT2D eigenvalue weighted by Crippen LogP contribution is -2.48. The number of carbonyl (C=O) groups excluding carboxylic acids is 1. The van der Waals surface area contributed by atoms with Crippen LogP contribution in [0.25, 0.3) is 0 Å². The Morgan fingerprint density at radius 2 is 1.58 bits per heavy atom. The maximum atomic E-state index is 13.6. The standard InChI is InChI=1S/C28H35N5O3/c1-2-32(23-16-10-5-11-17-23)24(34)20-31(18-21-12-6-3-7-13-21)25-26(29)33(28(36)30-27(25)35)19-22-14-8-4-9-15-22/h3-4,6-9,12-15,23H,2,5,10-11,16-20,29H2,1H3,(H,30,35,36). The molecule has 1 heterocycles. The predicted molar refractivity (Wildman–Crippen MR) is 143 cm³/mol. The largest absolute Gasteiger partial charge is 0.383 e. The van der Waals surface area contributed by atoms with Gasteiger partial charge in [0.15, 0.2) is 0 Å². The fraction of sp³-hybridized carbons (Fsp3) is 0.393. The molecule has 36 heavy (non-hydrogen) atoms. The number of benzene rings is 2. The number of hydrogen-bond donors (Lipinski definition) is 2. The van der Waals surface area contributed by atoms with Crippen LogP contribution < -0.4 is 21.9 Å². The molecule has 8 nitrogen and oxygen atoms in total. The molecule has 0 spiro atoms. The topological polar surface area (TPSA) is 104 Å². The third-order valence-electron chi connectivity index (χ3n) is 6.93. The molecular formula is C28H35N5O3. The SMILES string of the molecule is CCN(C(=O)CN(Cc1ccccc1)c1c(N)n(Cc2ccccc2)c(=O)[nH]c1=O)C1CCCCC1. The first-order chi connectivity index (χ1) is 17.5. The predicted octanol–water partition coefficient (Wildman–Crippen LogP) is 3.35. The van der Waals surface area contributed by atoms with Crippen molar-refractivity contribution in [3.8, 4) is 0 Å². The van der Waals surface area contributed by atoms with Gasteiger partial charge in [-0.05, 0) is 30.9 Å². The Kier molecular flexibility index (Phi) is 8.25. The Balaban J connectivity index is 1.71. The van der Waals surface area contributed by atoms with Gasteiger partial charge in [0.1, 0.15) is 11.5 Å². The first-order valence-electron chi connectivity index (χ1n) is 12.7. The van der Waals surface area contributed by atoms with E-state index >= 15 is 0 Å². The maximum absolute atomic E-state index is 13.6. The highest BCUT2D eigenvalue weighted by molar-refractivity contribution is 5.83. The van der Waals surface area contributed by atoms with Gasteiger partial charge in [-0.2, -0.15) is 0 Å². The van der Waals surface area contributed by atoms with Crippen molar-refractivity contribution in [2.45, 2.75) is 58.2 Å². The average molecular weight is 490 g/mol. The highest BCUT2D eigenvalue weighted by Gasteiger charge is 2.28. The summed E-state index contributed by atoms with van der Waals surface area (Å²) in [4.78, 5) is 45.5. The third kappa shape index (κ3) is 5.87. The summed E-state index contributed by atoms with van der Waals surface area (Å²) in [7, 11) is 0. The summed E-state index contributed by atoms with van der Waals surface area (Å²) in [6.45, 7) is 3.13. The van der Waals surface area contributed by atoms with Crippen molar-refractivity contribution in [1.29, 1.82) is 0 Å². The summed E-state index contributed by atoms with van der Waals surface area (Å²) in [5.41, 5.74) is 7.28. The van der Waals surface area contributed by atoms with E-state index in [-0.39, 0.29) is 36.5 Å². The van der Waals surface area contributed by atoms with Gasteiger partial charge in [-0.25, -0.2) is 4.79 Å². The van der Waals surface area contributed by atoms with Gasteiger partial charge in [-0.3, -0.25) is 19.1 Å². The first-order valence-corrected chi connectivity index (χ1v) is 12.7. The summed E-state index contributed by atoms with van der Waals surface area (Å²) in [5.74, 6) is 0.0111. The van der Waals surface area contributed by atoms with Crippen molar-refractivity contribution < 1.29 is 4.79 Å². The van der Waals surface area contributed by atoms with Crippen LogP contribution in [0.5, 0.6) is 0 Å². The molecule has 3 N–H and O–H groups in total. The number of aromatic amines is 1. The van der Waals surface area contributed by atoms with Gasteiger partial charge in [0.2, 0.25) is 5.91 Å². The van der Waals surface area contributed by atoms with Crippen molar-refractivity contribution in [2.24, 2.45) is 0 Å². The van der Waals surface area contributed by atoms with Crippen molar-refractivity contribution in [3.05, 3.63) is 92.6 Å². The molecule has 0 bridgehead atoms. The number of anilines is 2. The first kappa shape index (κ1) is 25.3. The van der Waals surface area contributed by atoms with E-state index in [1.165, 1.54) is 11.0 Å². The second-order valence-corrected chi connectivity index (χ2v) is 9.38. The molecule has 0 radical (unpaired) electrons. The molecule has 0 unspecified atom stereocenters. The zero-order chi connectivity index (χ0) is 25.5. The molecular weight excluding hydrogens is 454 g/mol. The van der Waals surface area contributed by atoms with E-state index in [9.17, 15) is 14.4 Å². The molecule has 1 aliphatic carbocycles. The minimum atomic E-state index is -0.591. The second kappa shape index (κ2) is 11.7. The minimum absolute atomic E-state index is 0.00391. The van der Waals surface area contributed by atoms with E-state index in [0.29, 0.717) is 13.1 Å². The number of nitrogens with one attached hydrogen (secondary N) is 1. The van der Waals surface area contributed by atoms with Crippen LogP contribution in [-0.4, -0.2) is 39.5 Å². The van der Waals surface area contributed by atoms with Crippen molar-refractivity contribution in [3.63, 3.8) is 0 Å². The molecule has 1 aliphatic rings. The molecule has 0 saturated heterocycles. The number of carbonyl (C=O) groups is 1. The lowest BCUT2D eigenvalue weighted by Gasteiger charge is -2.35. The number of H-pyrrole nitrogens is 1. The molecule has 3 aromatic rings. The molecule has 1 aromatic heterocycles. The molecule has 8 heteroatoms. The van der Waals surface area contributed by atoms with Crippen LogP contribution in [0.3, 0.4) is 0 Å². The Morgan fingerprint density at radius 3 is 2.19 bits per heavy atom. The monoisotopic (exact) mass is 489 g/mol. The molecule has 0 aliphatic heterocycles. The van der Waals surface area contributed by atoms with Crippen molar-refractivity contribution in [1.82, 2.24) is 14.5 Å². The molecule has 1 fully saturated rings. The summed E-state index contributed by atoms with van der Waals surface area (Å²) in [6.07, 6.45) is 5.46. The Labute approximate surface area is 211 Å². The van der Waals surface area contributed by atoms with E-state index in [0.717, 1.165) is 36.8 Å². The van der Waals surface area contributed by atoms with Gasteiger partial charge in [-0.15, -0.1) is 0 Å². The fourth-order valence-corrected chi connectivity index (χ4v) is 5.11. The minimum Gasteiger partial charge on any atom is -0.383 e. The smallest absolute Gasteiger partial charge is 0.330 e.